The van der Waals surface area contributed by atoms with Gasteiger partial charge in [-0.25, -0.2) is 14.4 Å². The van der Waals surface area contributed by atoms with Crippen LogP contribution in [0.4, 0.5) is 10.2 Å². The molecule has 0 unspecified atom stereocenters. The molecule has 1 aromatic heterocycles. The fraction of sp³-hybridized carbons (Fsp3) is 0.200. The van der Waals surface area contributed by atoms with Crippen LogP contribution in [0, 0.1) is 12.7 Å². The van der Waals surface area contributed by atoms with Crippen LogP contribution in [0.1, 0.15) is 5.56 Å². The molecule has 2 aromatic rings. The number of anilines is 1. The molecule has 0 amide bonds. The zero-order valence-electron chi connectivity index (χ0n) is 8.00. The summed E-state index contributed by atoms with van der Waals surface area (Å²) in [6.07, 6.45) is 1.36. The van der Waals surface area contributed by atoms with Crippen molar-refractivity contribution in [1.29, 1.82) is 0 Å². The van der Waals surface area contributed by atoms with Crippen molar-refractivity contribution < 1.29 is 4.39 Å². The van der Waals surface area contributed by atoms with Crippen molar-refractivity contribution in [2.75, 3.05) is 12.4 Å². The van der Waals surface area contributed by atoms with Crippen molar-refractivity contribution in [3.63, 3.8) is 0 Å². The largest absolute Gasteiger partial charge is 0.373 e. The van der Waals surface area contributed by atoms with Crippen LogP contribution < -0.4 is 5.32 Å². The predicted molar refractivity (Wildman–Crippen MR) is 53.8 cm³/mol. The van der Waals surface area contributed by atoms with E-state index in [2.05, 4.69) is 15.3 Å². The average molecular weight is 191 g/mol. The van der Waals surface area contributed by atoms with Gasteiger partial charge in [0.15, 0.2) is 5.82 Å². The fourth-order valence-corrected chi connectivity index (χ4v) is 1.40. The van der Waals surface area contributed by atoms with Crippen molar-refractivity contribution in [2.45, 2.75) is 6.92 Å². The Labute approximate surface area is 81.0 Å². The number of hydrogen-bond acceptors (Lipinski definition) is 3. The Morgan fingerprint density at radius 1 is 1.29 bits per heavy atom. The third-order valence-corrected chi connectivity index (χ3v) is 2.17. The van der Waals surface area contributed by atoms with Crippen LogP contribution in [-0.2, 0) is 0 Å². The molecule has 72 valence electrons. The molecule has 0 saturated carbocycles. The lowest BCUT2D eigenvalue weighted by atomic mass is 10.1. The lowest BCUT2D eigenvalue weighted by molar-refractivity contribution is 0.627. The molecule has 1 N–H and O–H groups in total. The molecule has 0 aliphatic heterocycles. The summed E-state index contributed by atoms with van der Waals surface area (Å²) in [5.74, 6) is 0.371. The van der Waals surface area contributed by atoms with Crippen molar-refractivity contribution >= 4 is 16.7 Å². The van der Waals surface area contributed by atoms with Gasteiger partial charge in [0.1, 0.15) is 17.7 Å². The monoisotopic (exact) mass is 191 g/mol. The summed E-state index contributed by atoms with van der Waals surface area (Å²) >= 11 is 0. The standard InChI is InChI=1S/C10H10FN3/c1-6-3-4-7-9(8(6)11)13-5-14-10(7)12-2/h3-5H,1-2H3,(H,12,13,14). The molecule has 0 radical (unpaired) electrons. The molecule has 2 rings (SSSR count). The van der Waals surface area contributed by atoms with Gasteiger partial charge in [-0.05, 0) is 18.6 Å². The number of nitrogens with zero attached hydrogens (tertiary/aromatic N) is 2. The highest BCUT2D eigenvalue weighted by Crippen LogP contribution is 2.22. The Kier molecular flexibility index (Phi) is 2.04. The summed E-state index contributed by atoms with van der Waals surface area (Å²) in [6, 6.07) is 3.54. The number of fused-ring (bicyclic) bond motifs is 1. The van der Waals surface area contributed by atoms with E-state index in [0.29, 0.717) is 22.3 Å². The zero-order valence-corrected chi connectivity index (χ0v) is 8.00. The molecule has 1 aromatic carbocycles. The Balaban J connectivity index is 2.86. The average Bonchev–Trinajstić information content (AvgIpc) is 2.23. The molecule has 0 aliphatic carbocycles. The maximum Gasteiger partial charge on any atom is 0.152 e. The van der Waals surface area contributed by atoms with Gasteiger partial charge in [0.05, 0.1) is 0 Å². The molecule has 1 heterocycles. The van der Waals surface area contributed by atoms with Crippen LogP contribution in [0.25, 0.3) is 10.9 Å². The molecule has 4 heteroatoms. The third kappa shape index (κ3) is 1.19. The molecular weight excluding hydrogens is 181 g/mol. The topological polar surface area (TPSA) is 37.8 Å². The van der Waals surface area contributed by atoms with E-state index < -0.39 is 0 Å². The molecule has 0 atom stereocenters. The highest BCUT2D eigenvalue weighted by molar-refractivity contribution is 5.89. The number of aromatic nitrogens is 2. The summed E-state index contributed by atoms with van der Waals surface area (Å²) < 4.78 is 13.6. The minimum Gasteiger partial charge on any atom is -0.373 e. The zero-order chi connectivity index (χ0) is 10.1. The molecule has 0 bridgehead atoms. The second-order valence-electron chi connectivity index (χ2n) is 3.06. The smallest absolute Gasteiger partial charge is 0.152 e. The van der Waals surface area contributed by atoms with E-state index in [-0.39, 0.29) is 5.82 Å². The number of benzene rings is 1. The molecule has 3 nitrogen and oxygen atoms in total. The first-order valence-electron chi connectivity index (χ1n) is 4.31. The Morgan fingerprint density at radius 3 is 2.79 bits per heavy atom. The van der Waals surface area contributed by atoms with Gasteiger partial charge < -0.3 is 5.32 Å². The van der Waals surface area contributed by atoms with Gasteiger partial charge in [-0.1, -0.05) is 6.07 Å². The molecule has 0 aliphatic rings. The van der Waals surface area contributed by atoms with Crippen LogP contribution in [-0.4, -0.2) is 17.0 Å². The lowest BCUT2D eigenvalue weighted by Gasteiger charge is -2.05. The van der Waals surface area contributed by atoms with Crippen molar-refractivity contribution in [2.24, 2.45) is 0 Å². The first-order chi connectivity index (χ1) is 6.74. The van der Waals surface area contributed by atoms with E-state index in [1.807, 2.05) is 6.07 Å². The minimum absolute atomic E-state index is 0.276. The van der Waals surface area contributed by atoms with Gasteiger partial charge >= 0.3 is 0 Å². The molecule has 0 saturated heterocycles. The Bertz CT molecular complexity index is 482. The van der Waals surface area contributed by atoms with E-state index in [9.17, 15) is 4.39 Å². The quantitative estimate of drug-likeness (QED) is 0.750. The van der Waals surface area contributed by atoms with Gasteiger partial charge in [0.25, 0.3) is 0 Å². The number of hydrogen-bond donors (Lipinski definition) is 1. The maximum absolute atomic E-state index is 13.6. The normalized spacial score (nSPS) is 10.5. The van der Waals surface area contributed by atoms with Crippen molar-refractivity contribution in [3.05, 3.63) is 29.8 Å². The van der Waals surface area contributed by atoms with E-state index in [4.69, 9.17) is 0 Å². The van der Waals surface area contributed by atoms with Gasteiger partial charge in [0, 0.05) is 12.4 Å². The fourth-order valence-electron chi connectivity index (χ4n) is 1.40. The molecular formula is C10H10FN3. The Morgan fingerprint density at radius 2 is 2.07 bits per heavy atom. The van der Waals surface area contributed by atoms with Crippen LogP contribution in [0.15, 0.2) is 18.5 Å². The van der Waals surface area contributed by atoms with Gasteiger partial charge in [-0.15, -0.1) is 0 Å². The first kappa shape index (κ1) is 8.87. The number of rotatable bonds is 1. The number of halogens is 1. The molecule has 0 spiro atoms. The van der Waals surface area contributed by atoms with Crippen molar-refractivity contribution in [3.8, 4) is 0 Å². The van der Waals surface area contributed by atoms with Gasteiger partial charge in [0.2, 0.25) is 0 Å². The first-order valence-corrected chi connectivity index (χ1v) is 4.31. The summed E-state index contributed by atoms with van der Waals surface area (Å²) in [5.41, 5.74) is 0.961. The lowest BCUT2D eigenvalue weighted by Crippen LogP contribution is -1.97. The summed E-state index contributed by atoms with van der Waals surface area (Å²) in [5, 5.41) is 3.61. The summed E-state index contributed by atoms with van der Waals surface area (Å²) in [4.78, 5) is 7.93. The van der Waals surface area contributed by atoms with Crippen LogP contribution in [0.2, 0.25) is 0 Å². The van der Waals surface area contributed by atoms with E-state index in [1.54, 1.807) is 20.0 Å². The SMILES string of the molecule is CNc1ncnc2c(F)c(C)ccc12. The van der Waals surface area contributed by atoms with E-state index in [1.165, 1.54) is 6.33 Å². The maximum atomic E-state index is 13.6. The summed E-state index contributed by atoms with van der Waals surface area (Å²) in [6.45, 7) is 1.72. The van der Waals surface area contributed by atoms with Crippen LogP contribution >= 0.6 is 0 Å². The Hall–Kier alpha value is -1.71. The molecule has 14 heavy (non-hydrogen) atoms. The highest BCUT2D eigenvalue weighted by Gasteiger charge is 2.08. The predicted octanol–water partition coefficient (Wildman–Crippen LogP) is 2.12. The van der Waals surface area contributed by atoms with Crippen LogP contribution in [0.5, 0.6) is 0 Å². The highest BCUT2D eigenvalue weighted by atomic mass is 19.1. The number of aryl methyl sites for hydroxylation is 1. The van der Waals surface area contributed by atoms with Crippen molar-refractivity contribution in [1.82, 2.24) is 9.97 Å². The molecule has 0 fully saturated rings. The number of nitrogens with one attached hydrogen (secondary N) is 1. The second kappa shape index (κ2) is 3.21. The van der Waals surface area contributed by atoms with E-state index in [0.717, 1.165) is 0 Å². The van der Waals surface area contributed by atoms with E-state index >= 15 is 0 Å². The minimum atomic E-state index is -0.276. The van der Waals surface area contributed by atoms with Gasteiger partial charge in [-0.3, -0.25) is 0 Å². The van der Waals surface area contributed by atoms with Gasteiger partial charge in [-0.2, -0.15) is 0 Å². The second-order valence-corrected chi connectivity index (χ2v) is 3.06. The third-order valence-electron chi connectivity index (χ3n) is 2.17. The van der Waals surface area contributed by atoms with Crippen LogP contribution in [0.3, 0.4) is 0 Å². The summed E-state index contributed by atoms with van der Waals surface area (Å²) in [7, 11) is 1.75.